The molecular formula is C26H22N4O5S. The van der Waals surface area contributed by atoms with Gasteiger partial charge in [-0.25, -0.2) is 4.98 Å². The van der Waals surface area contributed by atoms with Crippen LogP contribution in [0, 0.1) is 0 Å². The summed E-state index contributed by atoms with van der Waals surface area (Å²) in [6.07, 6.45) is 3.70. The third-order valence-electron chi connectivity index (χ3n) is 5.82. The van der Waals surface area contributed by atoms with Gasteiger partial charge in [0, 0.05) is 42.9 Å². The zero-order valence-electron chi connectivity index (χ0n) is 19.6. The van der Waals surface area contributed by atoms with Gasteiger partial charge in [-0.3, -0.25) is 29.2 Å². The third-order valence-corrected chi connectivity index (χ3v) is 6.87. The molecule has 2 aromatic heterocycles. The van der Waals surface area contributed by atoms with Gasteiger partial charge in [-0.2, -0.15) is 0 Å². The van der Waals surface area contributed by atoms with Gasteiger partial charge in [-0.15, -0.1) is 0 Å². The number of hydrogen-bond donors (Lipinski definition) is 0. The Hall–Kier alpha value is -4.31. The number of carbonyl (C=O) groups excluding carboxylic acids is 3. The lowest BCUT2D eigenvalue weighted by molar-refractivity contribution is -0.121. The van der Waals surface area contributed by atoms with E-state index in [1.807, 2.05) is 12.1 Å². The lowest BCUT2D eigenvalue weighted by atomic mass is 10.1. The molecule has 10 heteroatoms. The number of thiazole rings is 1. The molecule has 0 unspecified atom stereocenters. The molecule has 3 heterocycles. The molecule has 0 spiro atoms. The van der Waals surface area contributed by atoms with E-state index in [9.17, 15) is 14.4 Å². The number of ether oxygens (including phenoxy) is 2. The molecule has 0 N–H and O–H groups in total. The quantitative estimate of drug-likeness (QED) is 0.349. The fourth-order valence-electron chi connectivity index (χ4n) is 4.06. The van der Waals surface area contributed by atoms with Crippen LogP contribution in [-0.2, 0) is 16.1 Å². The second-order valence-corrected chi connectivity index (χ2v) is 9.11. The Bertz CT molecular complexity index is 1410. The number of hydrogen-bond acceptors (Lipinski definition) is 8. The molecule has 0 bridgehead atoms. The predicted octanol–water partition coefficient (Wildman–Crippen LogP) is 4.21. The summed E-state index contributed by atoms with van der Waals surface area (Å²) in [6.45, 7) is 0.229. The molecule has 0 atom stereocenters. The standard InChI is InChI=1S/C26H22N4O5S/c1-34-20-12-19-22(13-21(20)35-2)36-26(28-19)29(15-16-5-4-10-27-14-16)25(33)17-6-3-7-18(11-17)30-23(31)8-9-24(30)32/h3-7,10-14H,8-9,15H2,1-2H3. The van der Waals surface area contributed by atoms with Crippen molar-refractivity contribution >= 4 is 50.1 Å². The zero-order valence-corrected chi connectivity index (χ0v) is 20.4. The maximum atomic E-state index is 13.8. The van der Waals surface area contributed by atoms with Gasteiger partial charge in [-0.1, -0.05) is 23.5 Å². The first kappa shape index (κ1) is 23.4. The van der Waals surface area contributed by atoms with E-state index in [0.717, 1.165) is 15.2 Å². The number of anilines is 2. The predicted molar refractivity (Wildman–Crippen MR) is 136 cm³/mol. The normalized spacial score (nSPS) is 13.3. The number of methoxy groups -OCH3 is 2. The SMILES string of the molecule is COc1cc2nc(N(Cc3cccnc3)C(=O)c3cccc(N4C(=O)CCC4=O)c3)sc2cc1OC. The van der Waals surface area contributed by atoms with Gasteiger partial charge in [0.1, 0.15) is 0 Å². The summed E-state index contributed by atoms with van der Waals surface area (Å²) < 4.78 is 11.6. The number of aromatic nitrogens is 2. The first-order chi connectivity index (χ1) is 17.5. The second kappa shape index (κ2) is 9.74. The van der Waals surface area contributed by atoms with Crippen molar-refractivity contribution in [2.24, 2.45) is 0 Å². The largest absolute Gasteiger partial charge is 0.493 e. The highest BCUT2D eigenvalue weighted by atomic mass is 32.1. The minimum atomic E-state index is -0.321. The monoisotopic (exact) mass is 502 g/mol. The number of carbonyl (C=O) groups is 3. The van der Waals surface area contributed by atoms with Crippen LogP contribution in [0.5, 0.6) is 11.5 Å². The molecule has 5 rings (SSSR count). The Morgan fingerprint density at radius 3 is 2.47 bits per heavy atom. The van der Waals surface area contributed by atoms with Gasteiger partial charge < -0.3 is 9.47 Å². The highest BCUT2D eigenvalue weighted by Gasteiger charge is 2.31. The van der Waals surface area contributed by atoms with E-state index in [2.05, 4.69) is 4.98 Å². The third kappa shape index (κ3) is 4.38. The molecule has 9 nitrogen and oxygen atoms in total. The molecule has 0 aliphatic carbocycles. The minimum Gasteiger partial charge on any atom is -0.493 e. The highest BCUT2D eigenvalue weighted by molar-refractivity contribution is 7.22. The van der Waals surface area contributed by atoms with Crippen LogP contribution < -0.4 is 19.3 Å². The topological polar surface area (TPSA) is 102 Å². The van der Waals surface area contributed by atoms with Gasteiger partial charge in [0.2, 0.25) is 11.8 Å². The first-order valence-corrected chi connectivity index (χ1v) is 12.0. The Balaban J connectivity index is 1.56. The molecule has 182 valence electrons. The Morgan fingerprint density at radius 1 is 1.03 bits per heavy atom. The number of nitrogens with zero attached hydrogens (tertiary/aromatic N) is 4. The molecular weight excluding hydrogens is 480 g/mol. The molecule has 36 heavy (non-hydrogen) atoms. The summed E-state index contributed by atoms with van der Waals surface area (Å²) in [5.74, 6) is 0.243. The van der Waals surface area contributed by atoms with Gasteiger partial charge >= 0.3 is 0 Å². The fourth-order valence-corrected chi connectivity index (χ4v) is 5.03. The average Bonchev–Trinajstić information content (AvgIpc) is 3.48. The van der Waals surface area contributed by atoms with Crippen molar-refractivity contribution in [2.45, 2.75) is 19.4 Å². The molecule has 1 aliphatic rings. The summed E-state index contributed by atoms with van der Waals surface area (Å²) in [7, 11) is 3.12. The molecule has 4 aromatic rings. The Kier molecular flexibility index (Phi) is 6.34. The molecule has 0 radical (unpaired) electrons. The Labute approximate surface area is 210 Å². The van der Waals surface area contributed by atoms with Crippen LogP contribution >= 0.6 is 11.3 Å². The van der Waals surface area contributed by atoms with Crippen LogP contribution in [0.4, 0.5) is 10.8 Å². The summed E-state index contributed by atoms with van der Waals surface area (Å²) in [6, 6.07) is 13.8. The van der Waals surface area contributed by atoms with Crippen molar-refractivity contribution in [2.75, 3.05) is 24.0 Å². The smallest absolute Gasteiger partial charge is 0.260 e. The zero-order chi connectivity index (χ0) is 25.2. The van der Waals surface area contributed by atoms with Crippen molar-refractivity contribution in [3.63, 3.8) is 0 Å². The number of amides is 3. The molecule has 1 fully saturated rings. The van der Waals surface area contributed by atoms with Crippen LogP contribution in [0.25, 0.3) is 10.2 Å². The fraction of sp³-hybridized carbons (Fsp3) is 0.192. The van der Waals surface area contributed by atoms with Crippen LogP contribution in [0.2, 0.25) is 0 Å². The summed E-state index contributed by atoms with van der Waals surface area (Å²) >= 11 is 1.35. The summed E-state index contributed by atoms with van der Waals surface area (Å²) in [4.78, 5) is 49.9. The number of benzene rings is 2. The van der Waals surface area contributed by atoms with E-state index in [1.54, 1.807) is 67.9 Å². The lowest BCUT2D eigenvalue weighted by Gasteiger charge is -2.21. The highest BCUT2D eigenvalue weighted by Crippen LogP contribution is 2.38. The van der Waals surface area contributed by atoms with Crippen LogP contribution in [0.1, 0.15) is 28.8 Å². The van der Waals surface area contributed by atoms with Crippen LogP contribution in [-0.4, -0.2) is 41.9 Å². The summed E-state index contributed by atoms with van der Waals surface area (Å²) in [5.41, 5.74) is 2.20. The number of pyridine rings is 1. The summed E-state index contributed by atoms with van der Waals surface area (Å²) in [5, 5.41) is 0.480. The maximum Gasteiger partial charge on any atom is 0.260 e. The van der Waals surface area contributed by atoms with Crippen molar-refractivity contribution in [3.8, 4) is 11.5 Å². The van der Waals surface area contributed by atoms with Crippen molar-refractivity contribution in [1.29, 1.82) is 0 Å². The van der Waals surface area contributed by atoms with Gasteiger partial charge in [0.15, 0.2) is 16.6 Å². The van der Waals surface area contributed by atoms with E-state index in [-0.39, 0.29) is 37.1 Å². The van der Waals surface area contributed by atoms with E-state index < -0.39 is 0 Å². The van der Waals surface area contributed by atoms with E-state index in [1.165, 1.54) is 11.3 Å². The number of fused-ring (bicyclic) bond motifs is 1. The molecule has 0 saturated carbocycles. The maximum absolute atomic E-state index is 13.8. The number of imide groups is 1. The van der Waals surface area contributed by atoms with Crippen molar-refractivity contribution < 1.29 is 23.9 Å². The lowest BCUT2D eigenvalue weighted by Crippen LogP contribution is -2.31. The van der Waals surface area contributed by atoms with E-state index in [0.29, 0.717) is 33.4 Å². The van der Waals surface area contributed by atoms with Crippen molar-refractivity contribution in [1.82, 2.24) is 9.97 Å². The van der Waals surface area contributed by atoms with E-state index >= 15 is 0 Å². The number of rotatable bonds is 7. The second-order valence-electron chi connectivity index (χ2n) is 8.10. The van der Waals surface area contributed by atoms with E-state index in [4.69, 9.17) is 14.5 Å². The van der Waals surface area contributed by atoms with Crippen LogP contribution in [0.15, 0.2) is 60.9 Å². The first-order valence-electron chi connectivity index (χ1n) is 11.2. The molecule has 1 aliphatic heterocycles. The average molecular weight is 503 g/mol. The molecule has 1 saturated heterocycles. The van der Waals surface area contributed by atoms with Crippen LogP contribution in [0.3, 0.4) is 0 Å². The van der Waals surface area contributed by atoms with Gasteiger partial charge in [0.25, 0.3) is 5.91 Å². The van der Waals surface area contributed by atoms with Gasteiger partial charge in [-0.05, 0) is 29.8 Å². The van der Waals surface area contributed by atoms with Crippen molar-refractivity contribution in [3.05, 3.63) is 72.1 Å². The van der Waals surface area contributed by atoms with Gasteiger partial charge in [0.05, 0.1) is 36.7 Å². The molecule has 3 amide bonds. The molecule has 2 aromatic carbocycles. The Morgan fingerprint density at radius 2 is 1.78 bits per heavy atom. The minimum absolute atomic E-state index is 0.169.